The van der Waals surface area contributed by atoms with E-state index in [1.807, 2.05) is 30.3 Å². The Morgan fingerprint density at radius 3 is 2.37 bits per heavy atom. The lowest BCUT2D eigenvalue weighted by Gasteiger charge is -2.17. The number of halogens is 1. The minimum absolute atomic E-state index is 0.249. The van der Waals surface area contributed by atoms with E-state index >= 15 is 0 Å². The molecule has 1 atom stereocenters. The summed E-state index contributed by atoms with van der Waals surface area (Å²) >= 11 is 6.08. The molecule has 0 aliphatic carbocycles. The molecule has 3 aromatic rings. The molecule has 0 aliphatic rings. The van der Waals surface area contributed by atoms with Crippen LogP contribution in [0.25, 0.3) is 0 Å². The second-order valence-electron chi connectivity index (χ2n) is 6.72. The summed E-state index contributed by atoms with van der Waals surface area (Å²) in [6.07, 6.45) is -0.0665. The van der Waals surface area contributed by atoms with Crippen molar-refractivity contribution in [3.8, 4) is 5.75 Å². The van der Waals surface area contributed by atoms with Gasteiger partial charge in [0.25, 0.3) is 11.8 Å². The molecular formula is C24H23ClN2O3. The third-order valence-electron chi connectivity index (χ3n) is 4.48. The first-order chi connectivity index (χ1) is 14.5. The third-order valence-corrected chi connectivity index (χ3v) is 4.79. The molecule has 0 spiro atoms. The maximum absolute atomic E-state index is 12.6. The molecule has 6 heteroatoms. The number of ether oxygens (including phenoxy) is 1. The molecule has 0 radical (unpaired) electrons. The van der Waals surface area contributed by atoms with E-state index in [-0.39, 0.29) is 11.8 Å². The predicted octanol–water partition coefficient (Wildman–Crippen LogP) is 4.72. The van der Waals surface area contributed by atoms with Gasteiger partial charge in [0.15, 0.2) is 6.10 Å². The van der Waals surface area contributed by atoms with Crippen molar-refractivity contribution >= 4 is 29.1 Å². The Balaban J connectivity index is 1.60. The Kier molecular flexibility index (Phi) is 7.46. The average molecular weight is 423 g/mol. The Bertz CT molecular complexity index is 1010. The zero-order chi connectivity index (χ0) is 21.3. The number of hydrogen-bond acceptors (Lipinski definition) is 3. The molecule has 0 saturated carbocycles. The van der Waals surface area contributed by atoms with Crippen LogP contribution >= 0.6 is 11.6 Å². The van der Waals surface area contributed by atoms with Gasteiger partial charge in [0.05, 0.1) is 16.3 Å². The van der Waals surface area contributed by atoms with Gasteiger partial charge < -0.3 is 15.4 Å². The lowest BCUT2D eigenvalue weighted by molar-refractivity contribution is -0.122. The van der Waals surface area contributed by atoms with Gasteiger partial charge in [0, 0.05) is 6.54 Å². The standard InChI is InChI=1S/C24H23ClN2O3/c1-17(30-22-14-8-6-12-20(22)25)23(28)27-21-13-7-5-11-19(21)24(29)26-16-15-18-9-3-2-4-10-18/h2-14,17H,15-16H2,1H3,(H,26,29)(H,27,28). The van der Waals surface area contributed by atoms with Crippen molar-refractivity contribution in [1.82, 2.24) is 5.32 Å². The molecule has 0 aromatic heterocycles. The number of anilines is 1. The summed E-state index contributed by atoms with van der Waals surface area (Å²) in [6, 6.07) is 23.7. The van der Waals surface area contributed by atoms with Crippen LogP contribution in [-0.2, 0) is 11.2 Å². The van der Waals surface area contributed by atoms with Gasteiger partial charge in [-0.3, -0.25) is 9.59 Å². The van der Waals surface area contributed by atoms with E-state index in [4.69, 9.17) is 16.3 Å². The van der Waals surface area contributed by atoms with Gasteiger partial charge in [-0.2, -0.15) is 0 Å². The van der Waals surface area contributed by atoms with Crippen LogP contribution in [0.5, 0.6) is 5.75 Å². The highest BCUT2D eigenvalue weighted by molar-refractivity contribution is 6.32. The molecule has 0 fully saturated rings. The fourth-order valence-electron chi connectivity index (χ4n) is 2.87. The van der Waals surface area contributed by atoms with Crippen molar-refractivity contribution in [2.45, 2.75) is 19.4 Å². The third kappa shape index (κ3) is 5.84. The van der Waals surface area contributed by atoms with Gasteiger partial charge in [-0.1, -0.05) is 66.2 Å². The Hall–Kier alpha value is -3.31. The summed E-state index contributed by atoms with van der Waals surface area (Å²) < 4.78 is 5.65. The number of benzene rings is 3. The zero-order valence-corrected chi connectivity index (χ0v) is 17.4. The second-order valence-corrected chi connectivity index (χ2v) is 7.12. The molecule has 2 amide bonds. The van der Waals surface area contributed by atoms with Crippen LogP contribution in [0.15, 0.2) is 78.9 Å². The van der Waals surface area contributed by atoms with Crippen molar-refractivity contribution in [1.29, 1.82) is 0 Å². The fraction of sp³-hybridized carbons (Fsp3) is 0.167. The van der Waals surface area contributed by atoms with Crippen molar-refractivity contribution < 1.29 is 14.3 Å². The van der Waals surface area contributed by atoms with Crippen LogP contribution in [-0.4, -0.2) is 24.5 Å². The Labute approximate surface area is 181 Å². The number of amides is 2. The van der Waals surface area contributed by atoms with E-state index in [9.17, 15) is 9.59 Å². The van der Waals surface area contributed by atoms with Gasteiger partial charge >= 0.3 is 0 Å². The van der Waals surface area contributed by atoms with Crippen LogP contribution in [0.1, 0.15) is 22.8 Å². The van der Waals surface area contributed by atoms with Crippen LogP contribution in [0, 0.1) is 0 Å². The molecule has 0 aliphatic heterocycles. The smallest absolute Gasteiger partial charge is 0.265 e. The maximum atomic E-state index is 12.6. The monoisotopic (exact) mass is 422 g/mol. The fourth-order valence-corrected chi connectivity index (χ4v) is 3.05. The minimum Gasteiger partial charge on any atom is -0.479 e. The van der Waals surface area contributed by atoms with E-state index in [0.717, 1.165) is 12.0 Å². The van der Waals surface area contributed by atoms with Gasteiger partial charge in [-0.15, -0.1) is 0 Å². The molecular weight excluding hydrogens is 400 g/mol. The van der Waals surface area contributed by atoms with Gasteiger partial charge in [0.2, 0.25) is 0 Å². The zero-order valence-electron chi connectivity index (χ0n) is 16.6. The molecule has 3 aromatic carbocycles. The highest BCUT2D eigenvalue weighted by atomic mass is 35.5. The molecule has 30 heavy (non-hydrogen) atoms. The van der Waals surface area contributed by atoms with E-state index in [0.29, 0.717) is 28.6 Å². The van der Waals surface area contributed by atoms with E-state index in [1.165, 1.54) is 0 Å². The molecule has 0 bridgehead atoms. The van der Waals surface area contributed by atoms with E-state index in [2.05, 4.69) is 10.6 Å². The molecule has 5 nitrogen and oxygen atoms in total. The van der Waals surface area contributed by atoms with E-state index in [1.54, 1.807) is 55.5 Å². The molecule has 1 unspecified atom stereocenters. The summed E-state index contributed by atoms with van der Waals surface area (Å²) in [5, 5.41) is 6.10. The molecule has 0 heterocycles. The first-order valence-electron chi connectivity index (χ1n) is 9.68. The SMILES string of the molecule is CC(Oc1ccccc1Cl)C(=O)Nc1ccccc1C(=O)NCCc1ccccc1. The van der Waals surface area contributed by atoms with Gasteiger partial charge in [0.1, 0.15) is 5.75 Å². The minimum atomic E-state index is -0.793. The molecule has 2 N–H and O–H groups in total. The summed E-state index contributed by atoms with van der Waals surface area (Å²) in [4.78, 5) is 25.2. The predicted molar refractivity (Wildman–Crippen MR) is 119 cm³/mol. The topological polar surface area (TPSA) is 67.4 Å². The van der Waals surface area contributed by atoms with Crippen LogP contribution in [0.3, 0.4) is 0 Å². The summed E-state index contributed by atoms with van der Waals surface area (Å²) in [5.74, 6) is -0.199. The van der Waals surface area contributed by atoms with Crippen LogP contribution in [0.2, 0.25) is 5.02 Å². The maximum Gasteiger partial charge on any atom is 0.265 e. The second kappa shape index (κ2) is 10.5. The number of nitrogens with one attached hydrogen (secondary N) is 2. The lowest BCUT2D eigenvalue weighted by Crippen LogP contribution is -2.32. The van der Waals surface area contributed by atoms with Crippen molar-refractivity contribution in [2.24, 2.45) is 0 Å². The first-order valence-corrected chi connectivity index (χ1v) is 10.1. The summed E-state index contributed by atoms with van der Waals surface area (Å²) in [5.41, 5.74) is 1.96. The number of rotatable bonds is 8. The number of carbonyl (C=O) groups is 2. The largest absolute Gasteiger partial charge is 0.479 e. The van der Waals surface area contributed by atoms with Crippen molar-refractivity contribution in [3.63, 3.8) is 0 Å². The van der Waals surface area contributed by atoms with Crippen molar-refractivity contribution in [3.05, 3.63) is 95.0 Å². The highest BCUT2D eigenvalue weighted by Gasteiger charge is 2.19. The van der Waals surface area contributed by atoms with Crippen molar-refractivity contribution in [2.75, 3.05) is 11.9 Å². The number of carbonyl (C=O) groups excluding carboxylic acids is 2. The Morgan fingerprint density at radius 2 is 1.60 bits per heavy atom. The van der Waals surface area contributed by atoms with E-state index < -0.39 is 6.10 Å². The van der Waals surface area contributed by atoms with Crippen LogP contribution < -0.4 is 15.4 Å². The highest BCUT2D eigenvalue weighted by Crippen LogP contribution is 2.24. The van der Waals surface area contributed by atoms with Gasteiger partial charge in [-0.05, 0) is 43.2 Å². The molecule has 3 rings (SSSR count). The number of hydrogen-bond donors (Lipinski definition) is 2. The summed E-state index contributed by atoms with van der Waals surface area (Å²) in [6.45, 7) is 2.12. The average Bonchev–Trinajstić information content (AvgIpc) is 2.76. The summed E-state index contributed by atoms with van der Waals surface area (Å²) in [7, 11) is 0. The van der Waals surface area contributed by atoms with Crippen LogP contribution in [0.4, 0.5) is 5.69 Å². The first kappa shape index (κ1) is 21.4. The molecule has 0 saturated heterocycles. The lowest BCUT2D eigenvalue weighted by atomic mass is 10.1. The normalized spacial score (nSPS) is 11.4. The van der Waals surface area contributed by atoms with Gasteiger partial charge in [-0.25, -0.2) is 0 Å². The Morgan fingerprint density at radius 1 is 0.933 bits per heavy atom. The quantitative estimate of drug-likeness (QED) is 0.552. The number of para-hydroxylation sites is 2. The molecule has 154 valence electrons.